The van der Waals surface area contributed by atoms with Crippen molar-refractivity contribution in [2.75, 3.05) is 52.6 Å². The SMILES string of the molecule is CCOc1ccccc1S[C@@H](c1cccc(F)c1)[C@@H]1CN(Cc2ccccc2)CCO1.CCOc1ccccc1S[C@H](c1cccc(F)c1)[C@H]1CN(Cc2ccccc2)CCO1. The molecule has 2 aliphatic heterocycles. The van der Waals surface area contributed by atoms with Crippen LogP contribution < -0.4 is 9.47 Å². The van der Waals surface area contributed by atoms with Gasteiger partial charge in [-0.15, -0.1) is 23.5 Å². The average molecular weight is 875 g/mol. The molecule has 0 aliphatic carbocycles. The average Bonchev–Trinajstić information content (AvgIpc) is 3.30. The molecule has 6 aromatic rings. The van der Waals surface area contributed by atoms with Gasteiger partial charge in [-0.25, -0.2) is 8.78 Å². The zero-order valence-electron chi connectivity index (χ0n) is 35.5. The van der Waals surface area contributed by atoms with Crippen LogP contribution in [0.3, 0.4) is 0 Å². The van der Waals surface area contributed by atoms with Gasteiger partial charge >= 0.3 is 0 Å². The maximum Gasteiger partial charge on any atom is 0.132 e. The fraction of sp³-hybridized carbons (Fsp3) is 0.308. The van der Waals surface area contributed by atoms with Crippen molar-refractivity contribution in [1.82, 2.24) is 9.80 Å². The molecule has 6 aromatic carbocycles. The van der Waals surface area contributed by atoms with Gasteiger partial charge in [0.25, 0.3) is 0 Å². The predicted molar refractivity (Wildman–Crippen MR) is 248 cm³/mol. The number of hydrogen-bond acceptors (Lipinski definition) is 8. The van der Waals surface area contributed by atoms with Crippen LogP contribution in [-0.4, -0.2) is 74.6 Å². The number of nitrogens with zero attached hydrogens (tertiary/aromatic N) is 2. The van der Waals surface area contributed by atoms with E-state index in [-0.39, 0.29) is 34.3 Å². The van der Waals surface area contributed by atoms with Crippen molar-refractivity contribution in [1.29, 1.82) is 0 Å². The Morgan fingerprint density at radius 2 is 0.935 bits per heavy atom. The molecule has 0 spiro atoms. The molecule has 8 rings (SSSR count). The predicted octanol–water partition coefficient (Wildman–Crippen LogP) is 11.9. The fourth-order valence-corrected chi connectivity index (χ4v) is 10.3. The van der Waals surface area contributed by atoms with Crippen LogP contribution in [-0.2, 0) is 22.6 Å². The molecular formula is C52H56F2N2O4S2. The standard InChI is InChI=1S/2C26H28FNO2S/c2*1-2-29-23-13-6-7-14-25(23)31-26(21-11-8-12-22(27)17-21)24-19-28(15-16-30-24)18-20-9-4-3-5-10-20/h2*3-14,17,24,26H,2,15-16,18-19H2,1H3/t2*24-,26-/m10/s1. The van der Waals surface area contributed by atoms with Gasteiger partial charge in [-0.3, -0.25) is 9.80 Å². The molecule has 6 nitrogen and oxygen atoms in total. The molecule has 0 amide bonds. The minimum atomic E-state index is -0.224. The summed E-state index contributed by atoms with van der Waals surface area (Å²) in [5.41, 5.74) is 4.45. The topological polar surface area (TPSA) is 43.4 Å². The number of halogens is 2. The van der Waals surface area contributed by atoms with Gasteiger partial charge in [0.2, 0.25) is 0 Å². The van der Waals surface area contributed by atoms with E-state index in [9.17, 15) is 8.78 Å². The second-order valence-electron chi connectivity index (χ2n) is 15.2. The molecule has 0 aromatic heterocycles. The van der Waals surface area contributed by atoms with E-state index in [4.69, 9.17) is 18.9 Å². The number of ether oxygens (including phenoxy) is 4. The number of para-hydroxylation sites is 2. The van der Waals surface area contributed by atoms with Crippen molar-refractivity contribution in [3.8, 4) is 11.5 Å². The van der Waals surface area contributed by atoms with Crippen molar-refractivity contribution in [2.24, 2.45) is 0 Å². The minimum absolute atomic E-state index is 0.0455. The molecule has 2 heterocycles. The van der Waals surface area contributed by atoms with Gasteiger partial charge in [-0.05, 0) is 84.6 Å². The highest BCUT2D eigenvalue weighted by Gasteiger charge is 2.33. The zero-order valence-corrected chi connectivity index (χ0v) is 37.1. The lowest BCUT2D eigenvalue weighted by atomic mass is 10.1. The van der Waals surface area contributed by atoms with Gasteiger partial charge in [-0.2, -0.15) is 0 Å². The molecule has 62 heavy (non-hydrogen) atoms. The van der Waals surface area contributed by atoms with E-state index in [2.05, 4.69) is 70.5 Å². The third kappa shape index (κ3) is 13.2. The van der Waals surface area contributed by atoms with Crippen LogP contribution in [0.2, 0.25) is 0 Å². The van der Waals surface area contributed by atoms with Gasteiger partial charge in [0, 0.05) is 39.3 Å². The lowest BCUT2D eigenvalue weighted by molar-refractivity contribution is -0.0321. The number of thioether (sulfide) groups is 2. The van der Waals surface area contributed by atoms with Crippen molar-refractivity contribution in [3.63, 3.8) is 0 Å². The molecular weight excluding hydrogens is 819 g/mol. The molecule has 0 N–H and O–H groups in total. The maximum absolute atomic E-state index is 14.1. The van der Waals surface area contributed by atoms with E-state index in [1.54, 1.807) is 47.8 Å². The molecule has 324 valence electrons. The Bertz CT molecular complexity index is 2100. The van der Waals surface area contributed by atoms with Gasteiger partial charge in [0.1, 0.15) is 23.1 Å². The Balaban J connectivity index is 0.000000186. The fourth-order valence-electron chi connectivity index (χ4n) is 7.80. The van der Waals surface area contributed by atoms with E-state index in [0.717, 1.165) is 71.7 Å². The summed E-state index contributed by atoms with van der Waals surface area (Å²) >= 11 is 3.38. The quantitative estimate of drug-likeness (QED) is 0.0891. The van der Waals surface area contributed by atoms with Crippen LogP contribution in [0.15, 0.2) is 168 Å². The zero-order chi connectivity index (χ0) is 42.9. The summed E-state index contributed by atoms with van der Waals surface area (Å²) in [7, 11) is 0. The van der Waals surface area contributed by atoms with E-state index < -0.39 is 0 Å². The van der Waals surface area contributed by atoms with E-state index >= 15 is 0 Å². The van der Waals surface area contributed by atoms with Gasteiger partial charge < -0.3 is 18.9 Å². The number of benzene rings is 6. The van der Waals surface area contributed by atoms with Crippen molar-refractivity contribution in [3.05, 3.63) is 192 Å². The van der Waals surface area contributed by atoms with Gasteiger partial charge in [0.05, 0.1) is 58.9 Å². The van der Waals surface area contributed by atoms with Crippen LogP contribution in [0.25, 0.3) is 0 Å². The Kier molecular flexibility index (Phi) is 17.3. The Morgan fingerprint density at radius 3 is 1.34 bits per heavy atom. The van der Waals surface area contributed by atoms with Crippen molar-refractivity contribution >= 4 is 23.5 Å². The normalized spacial score (nSPS) is 17.9. The van der Waals surface area contributed by atoms with Crippen molar-refractivity contribution < 1.29 is 27.7 Å². The molecule has 0 unspecified atom stereocenters. The number of morpholine rings is 2. The third-order valence-electron chi connectivity index (χ3n) is 10.7. The lowest BCUT2D eigenvalue weighted by Crippen LogP contribution is -2.44. The Hall–Kier alpha value is -4.68. The van der Waals surface area contributed by atoms with Crippen molar-refractivity contribution in [2.45, 2.75) is 59.4 Å². The molecule has 10 heteroatoms. The highest BCUT2D eigenvalue weighted by Crippen LogP contribution is 2.45. The first-order valence-corrected chi connectivity index (χ1v) is 23.2. The summed E-state index contributed by atoms with van der Waals surface area (Å²) in [5.74, 6) is 1.26. The summed E-state index contributed by atoms with van der Waals surface area (Å²) in [6.45, 7) is 11.6. The largest absolute Gasteiger partial charge is 0.493 e. The molecule has 2 saturated heterocycles. The smallest absolute Gasteiger partial charge is 0.132 e. The first-order valence-electron chi connectivity index (χ1n) is 21.5. The van der Waals surface area contributed by atoms with E-state index in [1.165, 1.54) is 23.3 Å². The second-order valence-corrected chi connectivity index (χ2v) is 17.6. The first kappa shape index (κ1) is 45.3. The molecule has 0 bridgehead atoms. The lowest BCUT2D eigenvalue weighted by Gasteiger charge is -2.37. The Labute approximate surface area is 374 Å². The third-order valence-corrected chi connectivity index (χ3v) is 13.5. The maximum atomic E-state index is 14.1. The van der Waals surface area contributed by atoms with Crippen LogP contribution >= 0.6 is 23.5 Å². The number of rotatable bonds is 16. The summed E-state index contributed by atoms with van der Waals surface area (Å²) in [6, 6.07) is 50.8. The van der Waals surface area contributed by atoms with Crippen LogP contribution in [0.1, 0.15) is 46.6 Å². The minimum Gasteiger partial charge on any atom is -0.493 e. The molecule has 4 atom stereocenters. The highest BCUT2D eigenvalue weighted by atomic mass is 32.2. The van der Waals surface area contributed by atoms with Gasteiger partial charge in [-0.1, -0.05) is 109 Å². The Morgan fingerprint density at radius 1 is 0.532 bits per heavy atom. The van der Waals surface area contributed by atoms with Crippen LogP contribution in [0.5, 0.6) is 11.5 Å². The highest BCUT2D eigenvalue weighted by molar-refractivity contribution is 8.00. The molecule has 0 saturated carbocycles. The van der Waals surface area contributed by atoms with E-state index in [0.29, 0.717) is 26.4 Å². The summed E-state index contributed by atoms with van der Waals surface area (Å²) in [6.07, 6.45) is -0.113. The molecule has 0 radical (unpaired) electrons. The summed E-state index contributed by atoms with van der Waals surface area (Å²) < 4.78 is 52.4. The summed E-state index contributed by atoms with van der Waals surface area (Å²) in [5, 5.41) is -0.0910. The van der Waals surface area contributed by atoms with E-state index in [1.807, 2.05) is 74.5 Å². The second kappa shape index (κ2) is 23.7. The monoisotopic (exact) mass is 874 g/mol. The molecule has 2 aliphatic rings. The summed E-state index contributed by atoms with van der Waals surface area (Å²) in [4.78, 5) is 6.93. The van der Waals surface area contributed by atoms with Crippen LogP contribution in [0, 0.1) is 11.6 Å². The first-order chi connectivity index (χ1) is 30.4. The van der Waals surface area contributed by atoms with Crippen LogP contribution in [0.4, 0.5) is 8.78 Å². The number of hydrogen-bond donors (Lipinski definition) is 0. The van der Waals surface area contributed by atoms with Gasteiger partial charge in [0.15, 0.2) is 0 Å². The molecule has 2 fully saturated rings.